The number of pyridine rings is 1. The van der Waals surface area contributed by atoms with Crippen molar-refractivity contribution in [1.82, 2.24) is 9.55 Å². The zero-order valence-corrected chi connectivity index (χ0v) is 44.3. The number of rotatable bonds is 9. The Kier molecular flexibility index (Phi) is 11.5. The first-order valence-electron chi connectivity index (χ1n) is 26.3. The van der Waals surface area contributed by atoms with Gasteiger partial charge in [-0.15, -0.1) is 53.6 Å². The Labute approximate surface area is 449 Å². The molecule has 0 atom stereocenters. The molecule has 0 unspecified atom stereocenters. The smallest absolute Gasteiger partial charge is 0.135 e. The maximum atomic E-state index is 7.02. The summed E-state index contributed by atoms with van der Waals surface area (Å²) in [5, 5.41) is 2.28. The normalized spacial score (nSPS) is 20.7. The van der Waals surface area contributed by atoms with E-state index in [9.17, 15) is 0 Å². The van der Waals surface area contributed by atoms with E-state index in [4.69, 9.17) is 9.72 Å². The van der Waals surface area contributed by atoms with Crippen LogP contribution in [-0.2, 0) is 31.9 Å². The van der Waals surface area contributed by atoms with Crippen LogP contribution in [0.2, 0.25) is 0 Å². The first-order chi connectivity index (χ1) is 35.8. The average Bonchev–Trinajstić information content (AvgIpc) is 3.97. The minimum Gasteiger partial charge on any atom is -0.509 e. The third-order valence-electron chi connectivity index (χ3n) is 16.9. The molecule has 0 radical (unpaired) electrons. The van der Waals surface area contributed by atoms with Gasteiger partial charge in [-0.1, -0.05) is 166 Å². The Morgan fingerprint density at radius 3 is 1.82 bits per heavy atom. The van der Waals surface area contributed by atoms with Gasteiger partial charge in [-0.05, 0) is 119 Å². The summed E-state index contributed by atoms with van der Waals surface area (Å²) < 4.78 is 9.34. The molecule has 3 heterocycles. The fraction of sp³-hybridized carbons (Fsp3) is 0.206. The molecule has 4 saturated carbocycles. The van der Waals surface area contributed by atoms with Crippen LogP contribution in [0.25, 0.3) is 49.9 Å². The molecule has 10 aromatic rings. The Hall–Kier alpha value is -7.20. The molecular formula is C68H57N4OPt-3. The van der Waals surface area contributed by atoms with Crippen LogP contribution < -0.4 is 14.5 Å². The van der Waals surface area contributed by atoms with Gasteiger partial charge in [-0.3, -0.25) is 0 Å². The summed E-state index contributed by atoms with van der Waals surface area (Å²) in [6.07, 6.45) is 8.75. The van der Waals surface area contributed by atoms with Gasteiger partial charge in [0.2, 0.25) is 0 Å². The molecule has 368 valence electrons. The summed E-state index contributed by atoms with van der Waals surface area (Å²) in [6.45, 7) is 9.00. The van der Waals surface area contributed by atoms with Crippen molar-refractivity contribution >= 4 is 44.6 Å². The second-order valence-electron chi connectivity index (χ2n) is 22.1. The van der Waals surface area contributed by atoms with Crippen LogP contribution in [0, 0.1) is 42.5 Å². The van der Waals surface area contributed by atoms with Crippen LogP contribution >= 0.6 is 0 Å². The summed E-state index contributed by atoms with van der Waals surface area (Å²) >= 11 is 0. The quantitative estimate of drug-likeness (QED) is 0.135. The molecule has 15 rings (SSSR count). The van der Waals surface area contributed by atoms with Gasteiger partial charge < -0.3 is 19.1 Å². The van der Waals surface area contributed by atoms with Gasteiger partial charge in [0.15, 0.2) is 0 Å². The molecule has 2 aromatic heterocycles. The molecule has 0 N–H and O–H groups in total. The van der Waals surface area contributed by atoms with Crippen LogP contribution in [0.5, 0.6) is 11.5 Å². The molecule has 5 aliphatic rings. The van der Waals surface area contributed by atoms with E-state index in [0.29, 0.717) is 23.3 Å². The predicted molar refractivity (Wildman–Crippen MR) is 298 cm³/mol. The van der Waals surface area contributed by atoms with E-state index in [0.717, 1.165) is 84.6 Å². The molecular weight excluding hydrogens is 1080 g/mol. The summed E-state index contributed by atoms with van der Waals surface area (Å²) in [6, 6.07) is 77.9. The minimum atomic E-state index is -0.188. The van der Waals surface area contributed by atoms with Gasteiger partial charge in [-0.2, -0.15) is 6.07 Å². The maximum absolute atomic E-state index is 7.02. The van der Waals surface area contributed by atoms with Crippen molar-refractivity contribution in [3.63, 3.8) is 0 Å². The van der Waals surface area contributed by atoms with Crippen molar-refractivity contribution in [3.05, 3.63) is 236 Å². The number of hydrogen-bond acceptors (Lipinski definition) is 4. The van der Waals surface area contributed by atoms with E-state index in [1.165, 1.54) is 48.6 Å². The van der Waals surface area contributed by atoms with Crippen molar-refractivity contribution in [1.29, 1.82) is 0 Å². The third kappa shape index (κ3) is 7.64. The Morgan fingerprint density at radius 1 is 0.554 bits per heavy atom. The molecule has 4 aliphatic carbocycles. The number of benzene rings is 8. The number of nitrogens with zero attached hydrogens (tertiary/aromatic N) is 4. The number of ether oxygens (including phenoxy) is 1. The molecule has 0 amide bonds. The SMILES string of the molecule is CC(C)(C)c1cc(Oc2[c-]c3c(cc2)c2ccccc2n3-c2cc(C3(c4ccccc4)C4CC5CC(C4)CC3C5)ccn2)[c-]c(N2[CH-]N(c3c(-c4ccccc4)cccc3-c3ccccc3)c3ccccc32)c1.[Pt]. The Balaban J connectivity index is 0.00000528. The van der Waals surface area contributed by atoms with Gasteiger partial charge in [0, 0.05) is 77.9 Å². The second-order valence-corrected chi connectivity index (χ2v) is 22.1. The summed E-state index contributed by atoms with van der Waals surface area (Å²) in [7, 11) is 0. The zero-order valence-electron chi connectivity index (χ0n) is 42.0. The van der Waals surface area contributed by atoms with Crippen LogP contribution in [0.15, 0.2) is 200 Å². The van der Waals surface area contributed by atoms with Crippen molar-refractivity contribution in [2.45, 2.75) is 63.7 Å². The van der Waals surface area contributed by atoms with Gasteiger partial charge in [0.1, 0.15) is 5.82 Å². The molecule has 6 heteroatoms. The molecule has 0 spiro atoms. The van der Waals surface area contributed by atoms with Gasteiger partial charge in [0.25, 0.3) is 0 Å². The van der Waals surface area contributed by atoms with Gasteiger partial charge >= 0.3 is 0 Å². The Morgan fingerprint density at radius 2 is 1.16 bits per heavy atom. The molecule has 4 bridgehead atoms. The van der Waals surface area contributed by atoms with Crippen LogP contribution in [-0.4, -0.2) is 9.55 Å². The molecule has 8 aromatic carbocycles. The molecule has 5 nitrogen and oxygen atoms in total. The number of aromatic nitrogens is 2. The van der Waals surface area contributed by atoms with E-state index in [1.807, 2.05) is 0 Å². The molecule has 4 fully saturated rings. The van der Waals surface area contributed by atoms with Crippen LogP contribution in [0.4, 0.5) is 22.7 Å². The Bertz CT molecular complexity index is 3620. The van der Waals surface area contributed by atoms with Crippen molar-refractivity contribution < 1.29 is 25.8 Å². The fourth-order valence-electron chi connectivity index (χ4n) is 14.0. The van der Waals surface area contributed by atoms with Crippen LogP contribution in [0.1, 0.15) is 69.6 Å². The standard InChI is InChI=1S/C68H57N4O.Pt/c1-67(2,3)51-39-54(70-44-71(63-29-16-15-28-62(63)70)66-57(47-18-7-4-8-19-47)25-17-26-58(66)48-20-9-5-10-21-48)42-56(40-51)73-55-30-31-60-59-24-13-14-27-61(59)72(64(60)43-55)65-41-50(32-33-69-65)68(49-22-11-6-12-23-49)52-35-45-34-46(37-52)38-53(68)36-45;/h4-33,39-41,44-46,52-53H,34-38H2,1-3H3;/q-3;. The fourth-order valence-corrected chi connectivity index (χ4v) is 14.0. The van der Waals surface area contributed by atoms with E-state index in [-0.39, 0.29) is 31.9 Å². The van der Waals surface area contributed by atoms with Crippen molar-refractivity contribution in [2.75, 3.05) is 9.80 Å². The summed E-state index contributed by atoms with van der Waals surface area (Å²) in [4.78, 5) is 9.82. The topological polar surface area (TPSA) is 33.5 Å². The maximum Gasteiger partial charge on any atom is 0.135 e. The van der Waals surface area contributed by atoms with Crippen molar-refractivity contribution in [2.24, 2.45) is 23.7 Å². The molecule has 1 aliphatic heterocycles. The predicted octanol–water partition coefficient (Wildman–Crippen LogP) is 17.4. The largest absolute Gasteiger partial charge is 0.509 e. The molecule has 74 heavy (non-hydrogen) atoms. The number of fused-ring (bicyclic) bond motifs is 4. The summed E-state index contributed by atoms with van der Waals surface area (Å²) in [5.41, 5.74) is 14.6. The third-order valence-corrected chi connectivity index (χ3v) is 16.9. The van der Waals surface area contributed by atoms with E-state index >= 15 is 0 Å². The second kappa shape index (κ2) is 18.3. The zero-order chi connectivity index (χ0) is 48.8. The number of hydrogen-bond donors (Lipinski definition) is 0. The van der Waals surface area contributed by atoms with Gasteiger partial charge in [-0.25, -0.2) is 4.98 Å². The van der Waals surface area contributed by atoms with E-state index < -0.39 is 0 Å². The number of anilines is 4. The monoisotopic (exact) mass is 1140 g/mol. The first kappa shape index (κ1) is 46.6. The van der Waals surface area contributed by atoms with Crippen molar-refractivity contribution in [3.8, 4) is 39.6 Å². The number of para-hydroxylation sites is 4. The van der Waals surface area contributed by atoms with Crippen LogP contribution in [0.3, 0.4) is 0 Å². The van der Waals surface area contributed by atoms with Gasteiger partial charge in [0.05, 0.1) is 0 Å². The minimum absolute atomic E-state index is 0. The average molecular weight is 1140 g/mol. The first-order valence-corrected chi connectivity index (χ1v) is 26.3. The molecule has 0 saturated heterocycles. The van der Waals surface area contributed by atoms with E-state index in [2.05, 4.69) is 254 Å². The summed E-state index contributed by atoms with van der Waals surface area (Å²) in [5.74, 6) is 5.15. The van der Waals surface area contributed by atoms with E-state index in [1.54, 1.807) is 0 Å².